The zero-order valence-corrected chi connectivity index (χ0v) is 38.8. The Kier molecular flexibility index (Phi) is 9.26. The number of rotatable bonds is 7. The zero-order chi connectivity index (χ0) is 45.4. The Morgan fingerprint density at radius 1 is 0.275 bits per heavy atom. The Hall–Kier alpha value is -8.48. The summed E-state index contributed by atoms with van der Waals surface area (Å²) >= 11 is 3.74. The summed E-state index contributed by atoms with van der Waals surface area (Å²) in [7, 11) is 0. The molecule has 69 heavy (non-hydrogen) atoms. The van der Waals surface area contributed by atoms with Gasteiger partial charge in [-0.2, -0.15) is 0 Å². The van der Waals surface area contributed by atoms with Crippen molar-refractivity contribution in [2.45, 2.75) is 0 Å². The smallest absolute Gasteiger partial charge is 0.235 e. The summed E-state index contributed by atoms with van der Waals surface area (Å²) in [4.78, 5) is 11.1. The van der Waals surface area contributed by atoms with Crippen molar-refractivity contribution < 1.29 is 0 Å². The largest absolute Gasteiger partial charge is 0.278 e. The van der Waals surface area contributed by atoms with E-state index in [1.54, 1.807) is 0 Å². The van der Waals surface area contributed by atoms with Gasteiger partial charge in [-0.15, -0.1) is 22.7 Å². The highest BCUT2D eigenvalue weighted by Gasteiger charge is 2.21. The van der Waals surface area contributed by atoms with Crippen LogP contribution in [0.5, 0.6) is 0 Å². The molecule has 0 unspecified atom stereocenters. The van der Waals surface area contributed by atoms with Gasteiger partial charge in [0.1, 0.15) is 0 Å². The van der Waals surface area contributed by atoms with Crippen molar-refractivity contribution in [3.05, 3.63) is 237 Å². The average Bonchev–Trinajstić information content (AvgIpc) is 4.11. The molecule has 14 aromatic rings. The monoisotopic (exact) mass is 913 g/mol. The van der Waals surface area contributed by atoms with Gasteiger partial charge in [-0.25, -0.2) is 9.97 Å². The van der Waals surface area contributed by atoms with Crippen LogP contribution in [-0.4, -0.2) is 14.5 Å². The second-order valence-electron chi connectivity index (χ2n) is 17.7. The molecule has 3 nitrogen and oxygen atoms in total. The number of benzene rings is 10. The first kappa shape index (κ1) is 39.7. The summed E-state index contributed by atoms with van der Waals surface area (Å²) in [5, 5.41) is 7.49. The number of thiophene rings is 2. The molecule has 0 aliphatic carbocycles. The van der Waals surface area contributed by atoms with E-state index >= 15 is 0 Å². The summed E-state index contributed by atoms with van der Waals surface area (Å²) in [5.74, 6) is 0.622. The fourth-order valence-electron chi connectivity index (χ4n) is 10.3. The van der Waals surface area contributed by atoms with Crippen molar-refractivity contribution in [2.75, 3.05) is 0 Å². The first-order valence-electron chi connectivity index (χ1n) is 23.3. The van der Waals surface area contributed by atoms with Crippen LogP contribution in [0.1, 0.15) is 0 Å². The van der Waals surface area contributed by atoms with E-state index < -0.39 is 0 Å². The third kappa shape index (κ3) is 6.69. The van der Waals surface area contributed by atoms with Gasteiger partial charge >= 0.3 is 0 Å². The van der Waals surface area contributed by atoms with Gasteiger partial charge in [0.15, 0.2) is 0 Å². The summed E-state index contributed by atoms with van der Waals surface area (Å²) in [6.45, 7) is 0. The van der Waals surface area contributed by atoms with Gasteiger partial charge in [-0.1, -0.05) is 182 Å². The molecule has 0 spiro atoms. The molecule has 0 N–H and O–H groups in total. The lowest BCUT2D eigenvalue weighted by atomic mass is 9.98. The van der Waals surface area contributed by atoms with Crippen LogP contribution in [0.3, 0.4) is 0 Å². The average molecular weight is 914 g/mol. The molecular weight excluding hydrogens is 875 g/mol. The van der Waals surface area contributed by atoms with Crippen molar-refractivity contribution in [1.82, 2.24) is 14.5 Å². The van der Waals surface area contributed by atoms with E-state index in [-0.39, 0.29) is 0 Å². The van der Waals surface area contributed by atoms with E-state index in [1.807, 2.05) is 22.7 Å². The fourth-order valence-corrected chi connectivity index (χ4v) is 12.8. The van der Waals surface area contributed by atoms with Gasteiger partial charge < -0.3 is 0 Å². The number of aromatic nitrogens is 3. The highest BCUT2D eigenvalue weighted by Crippen LogP contribution is 2.45. The summed E-state index contributed by atoms with van der Waals surface area (Å²) in [5.41, 5.74) is 15.3. The van der Waals surface area contributed by atoms with Crippen LogP contribution in [-0.2, 0) is 0 Å². The van der Waals surface area contributed by atoms with E-state index in [4.69, 9.17) is 9.97 Å². The van der Waals surface area contributed by atoms with Gasteiger partial charge in [-0.05, 0) is 99.1 Å². The first-order valence-corrected chi connectivity index (χ1v) is 24.9. The molecular formula is C64H39N3S2. The third-order valence-electron chi connectivity index (χ3n) is 13.6. The van der Waals surface area contributed by atoms with Crippen LogP contribution in [0.25, 0.3) is 135 Å². The second kappa shape index (κ2) is 16.1. The third-order valence-corrected chi connectivity index (χ3v) is 16.1. The molecule has 5 heteroatoms. The molecule has 0 saturated heterocycles. The predicted molar refractivity (Wildman–Crippen MR) is 295 cm³/mol. The van der Waals surface area contributed by atoms with Gasteiger partial charge in [-0.3, -0.25) is 4.57 Å². The normalized spacial score (nSPS) is 11.8. The Bertz CT molecular complexity index is 4040. The van der Waals surface area contributed by atoms with Crippen LogP contribution in [0.15, 0.2) is 237 Å². The number of hydrogen-bond acceptors (Lipinski definition) is 4. The van der Waals surface area contributed by atoms with Gasteiger partial charge in [0, 0.05) is 62.2 Å². The van der Waals surface area contributed by atoms with E-state index in [0.717, 1.165) is 66.6 Å². The van der Waals surface area contributed by atoms with Crippen LogP contribution in [0.4, 0.5) is 0 Å². The minimum absolute atomic E-state index is 0.622. The highest BCUT2D eigenvalue weighted by molar-refractivity contribution is 7.26. The molecule has 0 aliphatic heterocycles. The molecule has 0 fully saturated rings. The minimum atomic E-state index is 0.622. The Labute approximate surface area is 406 Å². The molecule has 0 radical (unpaired) electrons. The van der Waals surface area contributed by atoms with Crippen molar-refractivity contribution in [2.24, 2.45) is 0 Å². The van der Waals surface area contributed by atoms with E-state index in [1.165, 1.54) is 62.6 Å². The maximum atomic E-state index is 5.53. The molecule has 0 amide bonds. The van der Waals surface area contributed by atoms with Gasteiger partial charge in [0.2, 0.25) is 5.95 Å². The molecule has 0 bridgehead atoms. The molecule has 0 saturated carbocycles. The zero-order valence-electron chi connectivity index (χ0n) is 37.2. The van der Waals surface area contributed by atoms with Crippen molar-refractivity contribution >= 4 is 84.8 Å². The minimum Gasteiger partial charge on any atom is -0.278 e. The standard InChI is InChI=1S/C64H39N3S2/c1-3-15-40(16-4-1)42-19-11-21-46(35-42)56-39-57(47-22-12-20-43(36-47)41-17-5-2-6-18-41)66-64(65-56)67-58-33-31-44(48-25-13-27-52-50-23-7-9-29-60(50)68-62(48)52)37-54(58)55-38-45(32-34-59(55)67)49-26-14-28-53-51-24-8-10-30-61(51)69-63(49)53/h1-39H. The second-order valence-corrected chi connectivity index (χ2v) is 19.8. The van der Waals surface area contributed by atoms with E-state index in [0.29, 0.717) is 5.95 Å². The van der Waals surface area contributed by atoms with Gasteiger partial charge in [0.05, 0.1) is 22.4 Å². The molecule has 4 heterocycles. The van der Waals surface area contributed by atoms with Crippen LogP contribution < -0.4 is 0 Å². The highest BCUT2D eigenvalue weighted by atomic mass is 32.1. The lowest BCUT2D eigenvalue weighted by Crippen LogP contribution is -2.04. The van der Waals surface area contributed by atoms with Crippen molar-refractivity contribution in [1.29, 1.82) is 0 Å². The van der Waals surface area contributed by atoms with Crippen LogP contribution in [0.2, 0.25) is 0 Å². The fraction of sp³-hybridized carbons (Fsp3) is 0. The Balaban J connectivity index is 1.02. The SMILES string of the molecule is c1ccc(-c2cccc(-c3cc(-c4cccc(-c5ccccc5)c4)nc(-n4c5ccc(-c6cccc7c6sc6ccccc67)cc5c5cc(-c6cccc7c6sc6ccccc67)ccc54)n3)c2)cc1. The predicted octanol–water partition coefficient (Wildman–Crippen LogP) is 18.3. The molecule has 4 aromatic heterocycles. The summed E-state index contributed by atoms with van der Waals surface area (Å²) in [6, 6.07) is 85.6. The van der Waals surface area contributed by atoms with Crippen LogP contribution >= 0.6 is 22.7 Å². The van der Waals surface area contributed by atoms with Gasteiger partial charge in [0.25, 0.3) is 0 Å². The lowest BCUT2D eigenvalue weighted by Gasteiger charge is -2.13. The number of hydrogen-bond donors (Lipinski definition) is 0. The van der Waals surface area contributed by atoms with Crippen LogP contribution in [0, 0.1) is 0 Å². The molecule has 0 aliphatic rings. The topological polar surface area (TPSA) is 30.7 Å². The lowest BCUT2D eigenvalue weighted by molar-refractivity contribution is 0.996. The van der Waals surface area contributed by atoms with Crippen molar-refractivity contribution in [3.63, 3.8) is 0 Å². The Morgan fingerprint density at radius 2 is 0.681 bits per heavy atom. The van der Waals surface area contributed by atoms with E-state index in [2.05, 4.69) is 241 Å². The first-order chi connectivity index (χ1) is 34.2. The maximum Gasteiger partial charge on any atom is 0.235 e. The molecule has 14 rings (SSSR count). The Morgan fingerprint density at radius 3 is 1.17 bits per heavy atom. The van der Waals surface area contributed by atoms with E-state index in [9.17, 15) is 0 Å². The summed E-state index contributed by atoms with van der Waals surface area (Å²) in [6.07, 6.45) is 0. The molecule has 10 aromatic carbocycles. The molecule has 0 atom stereocenters. The molecule has 322 valence electrons. The summed E-state index contributed by atoms with van der Waals surface area (Å²) < 4.78 is 7.49. The maximum absolute atomic E-state index is 5.53. The number of nitrogens with zero attached hydrogens (tertiary/aromatic N) is 3. The number of fused-ring (bicyclic) bond motifs is 9. The van der Waals surface area contributed by atoms with Crippen molar-refractivity contribution in [3.8, 4) is 73.0 Å². The quantitative estimate of drug-likeness (QED) is 0.159.